The molecule has 0 saturated carbocycles. The first kappa shape index (κ1) is 23.6. The Morgan fingerprint density at radius 2 is 1.83 bits per heavy atom. The van der Waals surface area contributed by atoms with E-state index in [-0.39, 0.29) is 16.6 Å². The van der Waals surface area contributed by atoms with Gasteiger partial charge in [0.15, 0.2) is 8.32 Å². The maximum atomic E-state index is 10.5. The molecule has 0 radical (unpaired) electrons. The first-order valence-electron chi connectivity index (χ1n) is 8.42. The number of allylic oxidation sites excluding steroid dienone is 3. The molecule has 24 heavy (non-hydrogen) atoms. The van der Waals surface area contributed by atoms with Crippen molar-refractivity contribution in [2.24, 2.45) is 5.41 Å². The highest BCUT2D eigenvalue weighted by atomic mass is 127. The van der Waals surface area contributed by atoms with Crippen molar-refractivity contribution in [2.45, 2.75) is 78.6 Å². The van der Waals surface area contributed by atoms with Gasteiger partial charge in [-0.2, -0.15) is 0 Å². The molecule has 1 atom stereocenters. The van der Waals surface area contributed by atoms with Gasteiger partial charge in [-0.05, 0) is 52.5 Å². The van der Waals surface area contributed by atoms with Crippen molar-refractivity contribution in [3.8, 4) is 9.85 Å². The highest BCUT2D eigenvalue weighted by Crippen LogP contribution is 2.38. The third-order valence-electron chi connectivity index (χ3n) is 4.68. The Balaban J connectivity index is 5.29. The minimum atomic E-state index is -1.85. The molecule has 0 rings (SSSR count). The lowest BCUT2D eigenvalue weighted by atomic mass is 9.87. The monoisotopic (exact) mass is 460 g/mol. The van der Waals surface area contributed by atoms with E-state index in [1.807, 2.05) is 6.08 Å². The van der Waals surface area contributed by atoms with Crippen molar-refractivity contribution in [3.05, 3.63) is 23.8 Å². The van der Waals surface area contributed by atoms with Crippen molar-refractivity contribution in [2.75, 3.05) is 0 Å². The third-order valence-corrected chi connectivity index (χ3v) is 9.55. The molecule has 136 valence electrons. The van der Waals surface area contributed by atoms with Gasteiger partial charge < -0.3 is 4.43 Å². The van der Waals surface area contributed by atoms with Crippen LogP contribution in [0.2, 0.25) is 18.1 Å². The number of hydrogen-bond donors (Lipinski definition) is 0. The first-order valence-corrected chi connectivity index (χ1v) is 12.4. The predicted octanol–water partition coefficient (Wildman–Crippen LogP) is 6.28. The minimum absolute atomic E-state index is 0.0407. The first-order chi connectivity index (χ1) is 10.9. The normalized spacial score (nSPS) is 15.1. The van der Waals surface area contributed by atoms with Crippen molar-refractivity contribution < 1.29 is 9.22 Å². The third kappa shape index (κ3) is 8.64. The van der Waals surface area contributed by atoms with Crippen LogP contribution in [-0.2, 0) is 9.22 Å². The van der Waals surface area contributed by atoms with Crippen LogP contribution in [0, 0.1) is 15.3 Å². The van der Waals surface area contributed by atoms with Gasteiger partial charge in [0.2, 0.25) is 0 Å². The minimum Gasteiger partial charge on any atom is -0.409 e. The molecule has 0 aromatic heterocycles. The average molecular weight is 460 g/mol. The number of carbonyl (C=O) groups excluding carboxylic acids is 1. The SMILES string of the molecule is C/C(=C\CC(C)(C)/C=C/C=O)C(CC#CI)O[Si](C)(C)C(C)(C)C. The van der Waals surface area contributed by atoms with Crippen molar-refractivity contribution >= 4 is 37.2 Å². The number of carbonyl (C=O) groups is 1. The van der Waals surface area contributed by atoms with Gasteiger partial charge in [0, 0.05) is 29.0 Å². The Hall–Kier alpha value is -0.383. The van der Waals surface area contributed by atoms with Gasteiger partial charge in [-0.25, -0.2) is 0 Å². The number of aldehydes is 1. The second-order valence-electron chi connectivity index (χ2n) is 8.48. The zero-order chi connectivity index (χ0) is 19.0. The molecule has 4 heteroatoms. The van der Waals surface area contributed by atoms with Crippen LogP contribution >= 0.6 is 22.6 Å². The molecule has 0 saturated heterocycles. The molecule has 0 bridgehead atoms. The molecule has 0 spiro atoms. The van der Waals surface area contributed by atoms with Crippen LogP contribution in [-0.4, -0.2) is 20.7 Å². The lowest BCUT2D eigenvalue weighted by molar-refractivity contribution is -0.104. The topological polar surface area (TPSA) is 26.3 Å². The standard InChI is InChI=1S/C20H33IO2Si/c1-17(12-14-20(5,6)13-10-16-22)18(11-9-15-21)23-24(7,8)19(2,3)4/h10,12-13,16,18H,11,14H2,1-8H3/b13-10+,17-12+. The summed E-state index contributed by atoms with van der Waals surface area (Å²) < 4.78 is 9.56. The van der Waals surface area contributed by atoms with Crippen molar-refractivity contribution in [1.29, 1.82) is 0 Å². The lowest BCUT2D eigenvalue weighted by Crippen LogP contribution is -2.44. The molecular formula is C20H33IO2Si. The van der Waals surface area contributed by atoms with E-state index in [4.69, 9.17) is 4.43 Å². The Morgan fingerprint density at radius 3 is 2.29 bits per heavy atom. The van der Waals surface area contributed by atoms with Crippen LogP contribution in [0.1, 0.15) is 54.4 Å². The van der Waals surface area contributed by atoms with Crippen molar-refractivity contribution in [3.63, 3.8) is 0 Å². The van der Waals surface area contributed by atoms with Gasteiger partial charge >= 0.3 is 0 Å². The van der Waals surface area contributed by atoms with E-state index in [0.717, 1.165) is 19.1 Å². The zero-order valence-electron chi connectivity index (χ0n) is 16.5. The Bertz CT molecular complexity index is 528. The molecule has 0 fully saturated rings. The van der Waals surface area contributed by atoms with Gasteiger partial charge in [0.1, 0.15) is 6.29 Å². The van der Waals surface area contributed by atoms with E-state index in [9.17, 15) is 4.79 Å². The molecule has 0 aliphatic heterocycles. The smallest absolute Gasteiger partial charge is 0.192 e. The van der Waals surface area contributed by atoms with Gasteiger partial charge in [0.25, 0.3) is 0 Å². The Labute approximate surface area is 163 Å². The zero-order valence-corrected chi connectivity index (χ0v) is 19.7. The molecule has 0 aliphatic rings. The van der Waals surface area contributed by atoms with Gasteiger partial charge in [-0.1, -0.05) is 52.7 Å². The molecule has 0 heterocycles. The Kier molecular flexibility index (Phi) is 9.78. The average Bonchev–Trinajstić information content (AvgIpc) is 2.46. The van der Waals surface area contributed by atoms with Gasteiger partial charge in [0.05, 0.1) is 6.10 Å². The van der Waals surface area contributed by atoms with E-state index in [1.165, 1.54) is 5.57 Å². The summed E-state index contributed by atoms with van der Waals surface area (Å²) in [6, 6.07) is 0. The van der Waals surface area contributed by atoms with E-state index in [0.29, 0.717) is 0 Å². The molecule has 0 amide bonds. The summed E-state index contributed by atoms with van der Waals surface area (Å²) in [4.78, 5) is 10.5. The van der Waals surface area contributed by atoms with Crippen LogP contribution in [0.25, 0.3) is 0 Å². The van der Waals surface area contributed by atoms with Crippen molar-refractivity contribution in [1.82, 2.24) is 0 Å². The number of hydrogen-bond acceptors (Lipinski definition) is 2. The summed E-state index contributed by atoms with van der Waals surface area (Å²) in [5.74, 6) is 3.17. The molecule has 0 aliphatic carbocycles. The summed E-state index contributed by atoms with van der Waals surface area (Å²) >= 11 is 2.08. The summed E-state index contributed by atoms with van der Waals surface area (Å²) in [5.41, 5.74) is 1.19. The lowest BCUT2D eigenvalue weighted by Gasteiger charge is -2.39. The molecule has 0 aromatic carbocycles. The van der Waals surface area contributed by atoms with Crippen LogP contribution < -0.4 is 0 Å². The highest BCUT2D eigenvalue weighted by Gasteiger charge is 2.39. The molecular weight excluding hydrogens is 427 g/mol. The molecule has 0 N–H and O–H groups in total. The number of rotatable bonds is 8. The summed E-state index contributed by atoms with van der Waals surface area (Å²) in [7, 11) is -1.85. The fraction of sp³-hybridized carbons (Fsp3) is 0.650. The quantitative estimate of drug-likeness (QED) is 0.106. The van der Waals surface area contributed by atoms with Crippen LogP contribution in [0.5, 0.6) is 0 Å². The van der Waals surface area contributed by atoms with E-state index in [2.05, 4.69) is 93.2 Å². The maximum Gasteiger partial charge on any atom is 0.192 e. The molecule has 2 nitrogen and oxygen atoms in total. The van der Waals surface area contributed by atoms with Gasteiger partial charge in [-0.15, -0.1) is 0 Å². The Morgan fingerprint density at radius 1 is 1.25 bits per heavy atom. The fourth-order valence-electron chi connectivity index (χ4n) is 1.88. The fourth-order valence-corrected chi connectivity index (χ4v) is 3.44. The van der Waals surface area contributed by atoms with Crippen LogP contribution in [0.3, 0.4) is 0 Å². The second-order valence-corrected chi connectivity index (χ2v) is 13.8. The number of halogens is 1. The van der Waals surface area contributed by atoms with Crippen LogP contribution in [0.15, 0.2) is 23.8 Å². The van der Waals surface area contributed by atoms with E-state index in [1.54, 1.807) is 6.08 Å². The molecule has 0 aromatic rings. The summed E-state index contributed by atoms with van der Waals surface area (Å²) in [6.07, 6.45) is 8.24. The van der Waals surface area contributed by atoms with E-state index >= 15 is 0 Å². The van der Waals surface area contributed by atoms with Crippen LogP contribution in [0.4, 0.5) is 0 Å². The molecule has 1 unspecified atom stereocenters. The van der Waals surface area contributed by atoms with Gasteiger partial charge in [-0.3, -0.25) is 4.79 Å². The second kappa shape index (κ2) is 9.93. The maximum absolute atomic E-state index is 10.5. The summed E-state index contributed by atoms with van der Waals surface area (Å²) in [6.45, 7) is 17.7. The highest BCUT2D eigenvalue weighted by molar-refractivity contribution is 14.1. The van der Waals surface area contributed by atoms with E-state index < -0.39 is 8.32 Å². The summed E-state index contributed by atoms with van der Waals surface area (Å²) in [5, 5.41) is 0.176. The largest absolute Gasteiger partial charge is 0.409 e. The predicted molar refractivity (Wildman–Crippen MR) is 116 cm³/mol.